The number of aromatic nitrogens is 2. The molecule has 0 unspecified atom stereocenters. The van der Waals surface area contributed by atoms with Crippen molar-refractivity contribution in [2.45, 2.75) is 23.1 Å². The van der Waals surface area contributed by atoms with E-state index in [1.54, 1.807) is 25.3 Å². The Morgan fingerprint density at radius 3 is 2.76 bits per heavy atom. The molecule has 90 valence electrons. The van der Waals surface area contributed by atoms with Gasteiger partial charge in [-0.25, -0.2) is 9.37 Å². The fourth-order valence-corrected chi connectivity index (χ4v) is 2.22. The Bertz CT molecular complexity index is 525. The minimum atomic E-state index is -0.656. The molecule has 2 aromatic rings. The molecule has 1 N–H and O–H groups in total. The summed E-state index contributed by atoms with van der Waals surface area (Å²) < 4.78 is 15.6. The molecule has 0 amide bonds. The van der Waals surface area contributed by atoms with E-state index < -0.39 is 6.10 Å². The lowest BCUT2D eigenvalue weighted by atomic mass is 10.1. The van der Waals surface area contributed by atoms with Gasteiger partial charge in [-0.2, -0.15) is 0 Å². The van der Waals surface area contributed by atoms with Crippen LogP contribution < -0.4 is 0 Å². The van der Waals surface area contributed by atoms with E-state index in [2.05, 4.69) is 4.98 Å². The lowest BCUT2D eigenvalue weighted by Crippen LogP contribution is -1.94. The van der Waals surface area contributed by atoms with Gasteiger partial charge in [-0.15, -0.1) is 0 Å². The van der Waals surface area contributed by atoms with Gasteiger partial charge in [0.25, 0.3) is 0 Å². The number of aryl methyl sites for hydroxylation is 1. The summed E-state index contributed by atoms with van der Waals surface area (Å²) in [7, 11) is 1.86. The number of hydrogen-bond acceptors (Lipinski definition) is 3. The van der Waals surface area contributed by atoms with Gasteiger partial charge < -0.3 is 9.67 Å². The SMILES string of the molecule is C[C@@H](O)c1ccc(Sc2nccn2C)c(F)c1. The second-order valence-corrected chi connectivity index (χ2v) is 4.80. The van der Waals surface area contributed by atoms with Gasteiger partial charge in [0.1, 0.15) is 5.82 Å². The van der Waals surface area contributed by atoms with Crippen molar-refractivity contribution in [2.75, 3.05) is 0 Å². The molecule has 0 bridgehead atoms. The molecule has 0 saturated heterocycles. The Morgan fingerprint density at radius 1 is 1.47 bits per heavy atom. The first-order chi connectivity index (χ1) is 8.08. The molecule has 1 aromatic carbocycles. The highest BCUT2D eigenvalue weighted by Gasteiger charge is 2.10. The van der Waals surface area contributed by atoms with Crippen molar-refractivity contribution in [3.05, 3.63) is 42.0 Å². The second kappa shape index (κ2) is 4.89. The molecule has 1 heterocycles. The molecular weight excluding hydrogens is 239 g/mol. The zero-order chi connectivity index (χ0) is 12.4. The zero-order valence-corrected chi connectivity index (χ0v) is 10.4. The van der Waals surface area contributed by atoms with Crippen LogP contribution in [0.2, 0.25) is 0 Å². The monoisotopic (exact) mass is 252 g/mol. The van der Waals surface area contributed by atoms with Crippen LogP contribution in [0.5, 0.6) is 0 Å². The molecule has 1 aromatic heterocycles. The van der Waals surface area contributed by atoms with Crippen molar-refractivity contribution in [3.63, 3.8) is 0 Å². The zero-order valence-electron chi connectivity index (χ0n) is 9.59. The molecule has 3 nitrogen and oxygen atoms in total. The van der Waals surface area contributed by atoms with Crippen molar-refractivity contribution >= 4 is 11.8 Å². The van der Waals surface area contributed by atoms with E-state index >= 15 is 0 Å². The molecule has 2 rings (SSSR count). The predicted molar refractivity (Wildman–Crippen MR) is 64.4 cm³/mol. The highest BCUT2D eigenvalue weighted by Crippen LogP contribution is 2.29. The second-order valence-electron chi connectivity index (χ2n) is 3.79. The third-order valence-electron chi connectivity index (χ3n) is 2.42. The van der Waals surface area contributed by atoms with Crippen LogP contribution in [0.3, 0.4) is 0 Å². The number of imidazole rings is 1. The van der Waals surface area contributed by atoms with Crippen LogP contribution in [0.15, 0.2) is 40.6 Å². The third kappa shape index (κ3) is 2.68. The molecule has 0 aliphatic rings. The van der Waals surface area contributed by atoms with Gasteiger partial charge in [-0.3, -0.25) is 0 Å². The van der Waals surface area contributed by atoms with Gasteiger partial charge in [0.05, 0.1) is 11.0 Å². The van der Waals surface area contributed by atoms with E-state index in [0.29, 0.717) is 10.5 Å². The van der Waals surface area contributed by atoms with Crippen LogP contribution in [0.25, 0.3) is 0 Å². The highest BCUT2D eigenvalue weighted by atomic mass is 32.2. The first kappa shape index (κ1) is 12.1. The molecule has 0 aliphatic heterocycles. The van der Waals surface area contributed by atoms with Gasteiger partial charge in [0, 0.05) is 19.4 Å². The van der Waals surface area contributed by atoms with E-state index in [1.165, 1.54) is 17.8 Å². The van der Waals surface area contributed by atoms with Gasteiger partial charge in [0.2, 0.25) is 0 Å². The first-order valence-electron chi connectivity index (χ1n) is 5.20. The molecule has 5 heteroatoms. The number of aliphatic hydroxyl groups is 1. The third-order valence-corrected chi connectivity index (χ3v) is 3.54. The summed E-state index contributed by atoms with van der Waals surface area (Å²) in [4.78, 5) is 4.62. The fraction of sp³-hybridized carbons (Fsp3) is 0.250. The maximum Gasteiger partial charge on any atom is 0.172 e. The Kier molecular flexibility index (Phi) is 3.49. The van der Waals surface area contributed by atoms with Crippen LogP contribution in [-0.4, -0.2) is 14.7 Å². The summed E-state index contributed by atoms with van der Waals surface area (Å²) in [5.41, 5.74) is 0.576. The molecular formula is C12H13FN2OS. The van der Waals surface area contributed by atoms with Crippen LogP contribution >= 0.6 is 11.8 Å². The number of rotatable bonds is 3. The number of aliphatic hydroxyl groups excluding tert-OH is 1. The van der Waals surface area contributed by atoms with Gasteiger partial charge in [-0.1, -0.05) is 6.07 Å². The van der Waals surface area contributed by atoms with Crippen LogP contribution in [0, 0.1) is 5.82 Å². The Morgan fingerprint density at radius 2 is 2.24 bits per heavy atom. The number of hydrogen-bond donors (Lipinski definition) is 1. The summed E-state index contributed by atoms with van der Waals surface area (Å²) in [6.07, 6.45) is 2.83. The average molecular weight is 252 g/mol. The van der Waals surface area contributed by atoms with E-state index in [0.717, 1.165) is 5.16 Å². The lowest BCUT2D eigenvalue weighted by Gasteiger charge is -2.07. The fourth-order valence-electron chi connectivity index (χ4n) is 1.41. The van der Waals surface area contributed by atoms with Crippen LogP contribution in [-0.2, 0) is 7.05 Å². The number of benzene rings is 1. The van der Waals surface area contributed by atoms with Crippen molar-refractivity contribution < 1.29 is 9.50 Å². The van der Waals surface area contributed by atoms with Crippen molar-refractivity contribution in [3.8, 4) is 0 Å². The van der Waals surface area contributed by atoms with Crippen molar-refractivity contribution in [2.24, 2.45) is 7.05 Å². The molecule has 0 fully saturated rings. The summed E-state index contributed by atoms with van der Waals surface area (Å²) in [6.45, 7) is 1.61. The molecule has 0 saturated carbocycles. The van der Waals surface area contributed by atoms with Gasteiger partial charge >= 0.3 is 0 Å². The quantitative estimate of drug-likeness (QED) is 0.912. The molecule has 1 atom stereocenters. The smallest absolute Gasteiger partial charge is 0.172 e. The largest absolute Gasteiger partial charge is 0.389 e. The normalized spacial score (nSPS) is 12.7. The first-order valence-corrected chi connectivity index (χ1v) is 6.02. The maximum absolute atomic E-state index is 13.8. The summed E-state index contributed by atoms with van der Waals surface area (Å²) in [6, 6.07) is 4.74. The summed E-state index contributed by atoms with van der Waals surface area (Å²) >= 11 is 1.26. The maximum atomic E-state index is 13.8. The standard InChI is InChI=1S/C12H13FN2OS/c1-8(16)9-3-4-11(10(13)7-9)17-12-14-5-6-15(12)2/h3-8,16H,1-2H3/t8-/m1/s1. The Balaban J connectivity index is 2.26. The van der Waals surface area contributed by atoms with Crippen LogP contribution in [0.4, 0.5) is 4.39 Å². The lowest BCUT2D eigenvalue weighted by molar-refractivity contribution is 0.198. The summed E-state index contributed by atoms with van der Waals surface area (Å²) in [5, 5.41) is 10.1. The van der Waals surface area contributed by atoms with Crippen LogP contribution in [0.1, 0.15) is 18.6 Å². The molecule has 0 aliphatic carbocycles. The topological polar surface area (TPSA) is 38.1 Å². The Labute approximate surface area is 103 Å². The molecule has 0 spiro atoms. The van der Waals surface area contributed by atoms with E-state index in [9.17, 15) is 9.50 Å². The number of nitrogens with zero attached hydrogens (tertiary/aromatic N) is 2. The predicted octanol–water partition coefficient (Wildman–Crippen LogP) is 2.76. The highest BCUT2D eigenvalue weighted by molar-refractivity contribution is 7.99. The van der Waals surface area contributed by atoms with E-state index in [4.69, 9.17) is 0 Å². The van der Waals surface area contributed by atoms with E-state index in [-0.39, 0.29) is 5.82 Å². The summed E-state index contributed by atoms with van der Waals surface area (Å²) in [5.74, 6) is -0.337. The minimum absolute atomic E-state index is 0.337. The van der Waals surface area contributed by atoms with Crippen molar-refractivity contribution in [1.82, 2.24) is 9.55 Å². The Hall–Kier alpha value is -1.33. The van der Waals surface area contributed by atoms with Gasteiger partial charge in [-0.05, 0) is 36.4 Å². The molecule has 17 heavy (non-hydrogen) atoms. The average Bonchev–Trinajstić information content (AvgIpc) is 2.67. The van der Waals surface area contributed by atoms with E-state index in [1.807, 2.05) is 17.8 Å². The molecule has 0 radical (unpaired) electrons. The number of halogens is 1. The minimum Gasteiger partial charge on any atom is -0.389 e. The van der Waals surface area contributed by atoms with Gasteiger partial charge in [0.15, 0.2) is 5.16 Å². The van der Waals surface area contributed by atoms with Crippen molar-refractivity contribution in [1.29, 1.82) is 0 Å².